The Morgan fingerprint density at radius 2 is 1.50 bits per heavy atom. The van der Waals surface area contributed by atoms with Crippen LogP contribution in [-0.2, 0) is 32.0 Å². The molecule has 0 bridgehead atoms. The number of aliphatic carboxylic acids is 1. The lowest BCUT2D eigenvalue weighted by molar-refractivity contribution is -0.149. The van der Waals surface area contributed by atoms with Crippen LogP contribution in [0.3, 0.4) is 0 Å². The third-order valence-electron chi connectivity index (χ3n) is 9.17. The molecule has 9 nitrogen and oxygen atoms in total. The lowest BCUT2D eigenvalue weighted by atomic mass is 9.84. The zero-order valence-electron chi connectivity index (χ0n) is 24.1. The Morgan fingerprint density at radius 1 is 0.857 bits per heavy atom. The molecule has 42 heavy (non-hydrogen) atoms. The minimum absolute atomic E-state index is 0.0513. The standard InChI is InChI=1S/C33H42N4O5/c34-26(19-23-12-5-2-6-13-23)32(41)36-17-9-16-28(36)33(42)37-27-15-8-7-14-24(27)20-29(37)31(40)35-25(21-30(38)39)18-22-10-3-1-4-11-22/h1-6,10-13,24-29H,7-9,14-21,34H2,(H,35,40)(H,38,39). The fourth-order valence-corrected chi connectivity index (χ4v) is 7.22. The highest BCUT2D eigenvalue weighted by molar-refractivity contribution is 5.94. The van der Waals surface area contributed by atoms with Crippen molar-refractivity contribution in [3.8, 4) is 0 Å². The SMILES string of the molecule is NC(Cc1ccccc1)C(=O)N1CCCC1C(=O)N1C(C(=O)NC(CC(=O)O)Cc2ccccc2)CC2CCCCC21. The third-order valence-corrected chi connectivity index (χ3v) is 9.17. The Bertz CT molecular complexity index is 1260. The number of carboxylic acid groups (broad SMARTS) is 1. The van der Waals surface area contributed by atoms with E-state index in [0.717, 1.165) is 36.8 Å². The van der Waals surface area contributed by atoms with Gasteiger partial charge in [0.2, 0.25) is 17.7 Å². The molecule has 224 valence electrons. The van der Waals surface area contributed by atoms with Gasteiger partial charge in [-0.25, -0.2) is 0 Å². The predicted octanol–water partition coefficient (Wildman–Crippen LogP) is 2.91. The molecule has 3 amide bonds. The van der Waals surface area contributed by atoms with E-state index in [4.69, 9.17) is 5.73 Å². The molecule has 5 rings (SSSR count). The van der Waals surface area contributed by atoms with Crippen molar-refractivity contribution < 1.29 is 24.3 Å². The lowest BCUT2D eigenvalue weighted by Gasteiger charge is -2.37. The second-order valence-electron chi connectivity index (χ2n) is 12.1. The zero-order valence-corrected chi connectivity index (χ0v) is 24.1. The summed E-state index contributed by atoms with van der Waals surface area (Å²) < 4.78 is 0. The molecule has 1 saturated carbocycles. The van der Waals surface area contributed by atoms with Gasteiger partial charge in [-0.15, -0.1) is 0 Å². The molecule has 3 fully saturated rings. The van der Waals surface area contributed by atoms with Crippen LogP contribution in [0.2, 0.25) is 0 Å². The van der Waals surface area contributed by atoms with Crippen molar-refractivity contribution in [3.63, 3.8) is 0 Å². The summed E-state index contributed by atoms with van der Waals surface area (Å²) in [4.78, 5) is 56.7. The number of carbonyl (C=O) groups excluding carboxylic acids is 3. The maximum atomic E-state index is 14.3. The number of hydrogen-bond donors (Lipinski definition) is 3. The number of nitrogens with zero attached hydrogens (tertiary/aromatic N) is 2. The average Bonchev–Trinajstić information content (AvgIpc) is 3.63. The summed E-state index contributed by atoms with van der Waals surface area (Å²) in [6.07, 6.45) is 6.21. The average molecular weight is 575 g/mol. The van der Waals surface area contributed by atoms with E-state index < -0.39 is 30.1 Å². The van der Waals surface area contributed by atoms with Gasteiger partial charge in [0.1, 0.15) is 12.1 Å². The van der Waals surface area contributed by atoms with Gasteiger partial charge >= 0.3 is 5.97 Å². The third kappa shape index (κ3) is 6.84. The van der Waals surface area contributed by atoms with Gasteiger partial charge in [-0.2, -0.15) is 0 Å². The number of nitrogens with two attached hydrogens (primary N) is 1. The summed E-state index contributed by atoms with van der Waals surface area (Å²) in [5.74, 6) is -1.50. The molecule has 0 spiro atoms. The second-order valence-corrected chi connectivity index (χ2v) is 12.1. The lowest BCUT2D eigenvalue weighted by Crippen LogP contribution is -2.58. The van der Waals surface area contributed by atoms with Gasteiger partial charge < -0.3 is 26.0 Å². The Kier molecular flexibility index (Phi) is 9.57. The minimum atomic E-state index is -0.990. The Balaban J connectivity index is 1.33. The molecule has 1 aliphatic carbocycles. The number of carboxylic acids is 1. The van der Waals surface area contributed by atoms with Crippen molar-refractivity contribution in [2.24, 2.45) is 11.7 Å². The summed E-state index contributed by atoms with van der Waals surface area (Å²) in [6.45, 7) is 0.467. The van der Waals surface area contributed by atoms with E-state index in [2.05, 4.69) is 5.32 Å². The minimum Gasteiger partial charge on any atom is -0.481 e. The number of rotatable bonds is 10. The van der Waals surface area contributed by atoms with Crippen molar-refractivity contribution in [2.45, 2.75) is 94.4 Å². The fourth-order valence-electron chi connectivity index (χ4n) is 7.22. The van der Waals surface area contributed by atoms with Crippen molar-refractivity contribution >= 4 is 23.7 Å². The summed E-state index contributed by atoms with van der Waals surface area (Å²) in [5.41, 5.74) is 8.26. The number of carbonyl (C=O) groups is 4. The highest BCUT2D eigenvalue weighted by Gasteiger charge is 2.51. The molecule has 2 aromatic carbocycles. The summed E-state index contributed by atoms with van der Waals surface area (Å²) in [7, 11) is 0. The molecule has 0 radical (unpaired) electrons. The van der Waals surface area contributed by atoms with Crippen molar-refractivity contribution in [2.75, 3.05) is 6.54 Å². The maximum absolute atomic E-state index is 14.3. The van der Waals surface area contributed by atoms with Crippen LogP contribution in [0.15, 0.2) is 60.7 Å². The number of nitrogens with one attached hydrogen (secondary N) is 1. The molecule has 2 aliphatic heterocycles. The smallest absolute Gasteiger partial charge is 0.305 e. The van der Waals surface area contributed by atoms with Crippen molar-refractivity contribution in [1.29, 1.82) is 0 Å². The molecule has 4 N–H and O–H groups in total. The van der Waals surface area contributed by atoms with Gasteiger partial charge in [0.15, 0.2) is 0 Å². The van der Waals surface area contributed by atoms with E-state index in [1.165, 1.54) is 0 Å². The van der Waals surface area contributed by atoms with Crippen LogP contribution in [0.25, 0.3) is 0 Å². The van der Waals surface area contributed by atoms with Crippen LogP contribution in [0.4, 0.5) is 0 Å². The first-order chi connectivity index (χ1) is 20.3. The quantitative estimate of drug-likeness (QED) is 0.400. The van der Waals surface area contributed by atoms with Crippen LogP contribution in [-0.4, -0.2) is 75.4 Å². The number of fused-ring (bicyclic) bond motifs is 1. The molecule has 2 heterocycles. The van der Waals surface area contributed by atoms with Gasteiger partial charge in [-0.1, -0.05) is 73.5 Å². The van der Waals surface area contributed by atoms with E-state index in [1.54, 1.807) is 9.80 Å². The normalized spacial score (nSPS) is 25.0. The molecule has 2 saturated heterocycles. The number of amides is 3. The molecule has 3 aliphatic rings. The molecule has 2 aromatic rings. The Labute approximate surface area is 247 Å². The second kappa shape index (κ2) is 13.5. The van der Waals surface area contributed by atoms with Crippen molar-refractivity contribution in [1.82, 2.24) is 15.1 Å². The Morgan fingerprint density at radius 3 is 2.17 bits per heavy atom. The van der Waals surface area contributed by atoms with Crippen LogP contribution in [0.1, 0.15) is 62.5 Å². The highest BCUT2D eigenvalue weighted by Crippen LogP contribution is 2.41. The predicted molar refractivity (Wildman–Crippen MR) is 158 cm³/mol. The monoisotopic (exact) mass is 574 g/mol. The topological polar surface area (TPSA) is 133 Å². The van der Waals surface area contributed by atoms with Gasteiger partial charge in [0.05, 0.1) is 12.5 Å². The summed E-state index contributed by atoms with van der Waals surface area (Å²) in [5, 5.41) is 12.5. The largest absolute Gasteiger partial charge is 0.481 e. The first-order valence-electron chi connectivity index (χ1n) is 15.3. The number of benzene rings is 2. The molecule has 6 atom stereocenters. The Hall–Kier alpha value is -3.72. The number of likely N-dealkylation sites (tertiary alicyclic amines) is 2. The highest BCUT2D eigenvalue weighted by atomic mass is 16.4. The van der Waals surface area contributed by atoms with Crippen LogP contribution < -0.4 is 11.1 Å². The van der Waals surface area contributed by atoms with E-state index in [1.807, 2.05) is 60.7 Å². The van der Waals surface area contributed by atoms with Crippen LogP contribution in [0, 0.1) is 5.92 Å². The van der Waals surface area contributed by atoms with Crippen LogP contribution in [0.5, 0.6) is 0 Å². The molecule has 0 aromatic heterocycles. The van der Waals surface area contributed by atoms with E-state index in [0.29, 0.717) is 38.6 Å². The van der Waals surface area contributed by atoms with E-state index in [9.17, 15) is 24.3 Å². The summed E-state index contributed by atoms with van der Waals surface area (Å²) in [6, 6.07) is 16.4. The maximum Gasteiger partial charge on any atom is 0.305 e. The van der Waals surface area contributed by atoms with E-state index >= 15 is 0 Å². The first-order valence-corrected chi connectivity index (χ1v) is 15.3. The van der Waals surface area contributed by atoms with E-state index in [-0.39, 0.29) is 36.1 Å². The van der Waals surface area contributed by atoms with Gasteiger partial charge in [0, 0.05) is 18.6 Å². The van der Waals surface area contributed by atoms with Gasteiger partial charge in [-0.05, 0) is 62.0 Å². The first kappa shape index (κ1) is 29.8. The van der Waals surface area contributed by atoms with Crippen LogP contribution >= 0.6 is 0 Å². The van der Waals surface area contributed by atoms with Crippen molar-refractivity contribution in [3.05, 3.63) is 71.8 Å². The molecular weight excluding hydrogens is 532 g/mol. The van der Waals surface area contributed by atoms with Gasteiger partial charge in [0.25, 0.3) is 0 Å². The molecule has 9 heteroatoms. The molecule has 6 unspecified atom stereocenters. The van der Waals surface area contributed by atoms with Gasteiger partial charge in [-0.3, -0.25) is 19.2 Å². The zero-order chi connectivity index (χ0) is 29.6. The molecular formula is C33H42N4O5. The number of hydrogen-bond acceptors (Lipinski definition) is 5. The summed E-state index contributed by atoms with van der Waals surface area (Å²) >= 11 is 0. The fraction of sp³-hybridized carbons (Fsp3) is 0.515.